The van der Waals surface area contributed by atoms with Gasteiger partial charge in [0.1, 0.15) is 5.82 Å². The molecule has 0 unspecified atom stereocenters. The van der Waals surface area contributed by atoms with E-state index in [1.807, 2.05) is 12.1 Å². The Morgan fingerprint density at radius 2 is 1.90 bits per heavy atom. The molecule has 5 heteroatoms. The van der Waals surface area contributed by atoms with Crippen LogP contribution in [0.25, 0.3) is 0 Å². The predicted octanol–water partition coefficient (Wildman–Crippen LogP) is 1.72. The first kappa shape index (κ1) is 15.8. The third-order valence-electron chi connectivity index (χ3n) is 3.94. The van der Waals surface area contributed by atoms with Crippen LogP contribution in [-0.4, -0.2) is 54.7 Å². The first-order valence-electron chi connectivity index (χ1n) is 7.42. The topological polar surface area (TPSA) is 45.7 Å². The van der Waals surface area contributed by atoms with Crippen LogP contribution in [0.3, 0.4) is 0 Å². The average molecular weight is 291 g/mol. The maximum Gasteiger partial charge on any atom is 0.310 e. The van der Waals surface area contributed by atoms with E-state index in [2.05, 4.69) is 40.3 Å². The van der Waals surface area contributed by atoms with E-state index < -0.39 is 0 Å². The van der Waals surface area contributed by atoms with Crippen molar-refractivity contribution < 1.29 is 9.53 Å². The lowest BCUT2D eigenvalue weighted by Gasteiger charge is -2.42. The van der Waals surface area contributed by atoms with Crippen LogP contribution in [0.4, 0.5) is 5.82 Å². The predicted molar refractivity (Wildman–Crippen MR) is 83.5 cm³/mol. The van der Waals surface area contributed by atoms with Gasteiger partial charge in [-0.25, -0.2) is 4.98 Å². The summed E-state index contributed by atoms with van der Waals surface area (Å²) in [5.41, 5.74) is 1.11. The van der Waals surface area contributed by atoms with Gasteiger partial charge in [-0.15, -0.1) is 0 Å². The number of nitrogens with zero attached hydrogens (tertiary/aromatic N) is 3. The molecule has 0 radical (unpaired) electrons. The summed E-state index contributed by atoms with van der Waals surface area (Å²) in [5.74, 6) is 0.750. The highest BCUT2D eigenvalue weighted by Gasteiger charge is 2.26. The molecule has 2 heterocycles. The van der Waals surface area contributed by atoms with Crippen molar-refractivity contribution in [2.24, 2.45) is 0 Å². The van der Waals surface area contributed by atoms with Crippen molar-refractivity contribution in [1.29, 1.82) is 0 Å². The molecular weight excluding hydrogens is 266 g/mol. The maximum atomic E-state index is 11.2. The lowest BCUT2D eigenvalue weighted by Crippen LogP contribution is -2.53. The quantitative estimate of drug-likeness (QED) is 0.794. The summed E-state index contributed by atoms with van der Waals surface area (Å²) in [6.45, 7) is 10.8. The Balaban J connectivity index is 1.93. The molecule has 116 valence electrons. The van der Waals surface area contributed by atoms with Gasteiger partial charge in [0.25, 0.3) is 0 Å². The molecule has 0 aromatic carbocycles. The second-order valence-corrected chi connectivity index (χ2v) is 6.42. The van der Waals surface area contributed by atoms with Crippen molar-refractivity contribution in [3.63, 3.8) is 0 Å². The van der Waals surface area contributed by atoms with Crippen molar-refractivity contribution in [3.8, 4) is 0 Å². The van der Waals surface area contributed by atoms with E-state index in [1.165, 1.54) is 7.11 Å². The zero-order valence-corrected chi connectivity index (χ0v) is 13.4. The fourth-order valence-electron chi connectivity index (χ4n) is 2.55. The van der Waals surface area contributed by atoms with Crippen LogP contribution in [0.2, 0.25) is 0 Å². The summed E-state index contributed by atoms with van der Waals surface area (Å²) in [4.78, 5) is 20.5. The molecule has 0 atom stereocenters. The zero-order valence-electron chi connectivity index (χ0n) is 13.4. The Kier molecular flexibility index (Phi) is 4.83. The number of pyridine rings is 1. The van der Waals surface area contributed by atoms with E-state index in [-0.39, 0.29) is 17.9 Å². The Hall–Kier alpha value is -1.62. The summed E-state index contributed by atoms with van der Waals surface area (Å²) in [7, 11) is 1.40. The SMILES string of the molecule is COC(=O)Cc1ccc(N2CCN(C(C)(C)C)CC2)nc1. The summed E-state index contributed by atoms with van der Waals surface area (Å²) in [5, 5.41) is 0. The van der Waals surface area contributed by atoms with Gasteiger partial charge in [0.15, 0.2) is 0 Å². The first-order valence-corrected chi connectivity index (χ1v) is 7.42. The number of hydrogen-bond donors (Lipinski definition) is 0. The van der Waals surface area contributed by atoms with E-state index in [9.17, 15) is 4.79 Å². The zero-order chi connectivity index (χ0) is 15.5. The second kappa shape index (κ2) is 6.43. The molecule has 0 N–H and O–H groups in total. The molecule has 1 saturated heterocycles. The summed E-state index contributed by atoms with van der Waals surface area (Å²) in [6, 6.07) is 3.94. The van der Waals surface area contributed by atoms with Gasteiger partial charge in [-0.05, 0) is 32.4 Å². The number of piperazine rings is 1. The molecule has 5 nitrogen and oxygen atoms in total. The average Bonchev–Trinajstić information content (AvgIpc) is 2.47. The van der Waals surface area contributed by atoms with Crippen molar-refractivity contribution in [2.75, 3.05) is 38.2 Å². The van der Waals surface area contributed by atoms with Crippen LogP contribution in [0.1, 0.15) is 26.3 Å². The molecule has 0 amide bonds. The minimum atomic E-state index is -0.233. The molecule has 0 aliphatic carbocycles. The minimum Gasteiger partial charge on any atom is -0.469 e. The Bertz CT molecular complexity index is 471. The van der Waals surface area contributed by atoms with Crippen LogP contribution in [0, 0.1) is 0 Å². The normalized spacial score (nSPS) is 16.9. The summed E-state index contributed by atoms with van der Waals surface area (Å²) >= 11 is 0. The molecule has 1 aromatic rings. The molecule has 21 heavy (non-hydrogen) atoms. The third kappa shape index (κ3) is 4.17. The Labute approximate surface area is 126 Å². The number of anilines is 1. The van der Waals surface area contributed by atoms with E-state index in [0.717, 1.165) is 37.6 Å². The Morgan fingerprint density at radius 1 is 1.24 bits per heavy atom. The van der Waals surface area contributed by atoms with Crippen LogP contribution in [-0.2, 0) is 16.0 Å². The molecule has 0 spiro atoms. The first-order chi connectivity index (χ1) is 9.90. The summed E-state index contributed by atoms with van der Waals surface area (Å²) in [6.07, 6.45) is 2.05. The second-order valence-electron chi connectivity index (χ2n) is 6.42. The third-order valence-corrected chi connectivity index (χ3v) is 3.94. The van der Waals surface area contributed by atoms with Crippen molar-refractivity contribution in [1.82, 2.24) is 9.88 Å². The van der Waals surface area contributed by atoms with Gasteiger partial charge in [0, 0.05) is 37.9 Å². The monoisotopic (exact) mass is 291 g/mol. The molecule has 0 bridgehead atoms. The van der Waals surface area contributed by atoms with Crippen molar-refractivity contribution in [3.05, 3.63) is 23.9 Å². The van der Waals surface area contributed by atoms with Gasteiger partial charge in [0.05, 0.1) is 13.5 Å². The van der Waals surface area contributed by atoms with Crippen molar-refractivity contribution >= 4 is 11.8 Å². The minimum absolute atomic E-state index is 0.226. The number of carbonyl (C=O) groups excluding carboxylic acids is 1. The highest BCUT2D eigenvalue weighted by molar-refractivity contribution is 5.72. The number of methoxy groups -OCH3 is 1. The number of carbonyl (C=O) groups is 1. The molecule has 1 aromatic heterocycles. The number of esters is 1. The smallest absolute Gasteiger partial charge is 0.310 e. The molecular formula is C16H25N3O2. The number of ether oxygens (including phenoxy) is 1. The number of aromatic nitrogens is 1. The standard InChI is InChI=1S/C16H25N3O2/c1-16(2,3)19-9-7-18(8-10-19)14-6-5-13(12-17-14)11-15(20)21-4/h5-6,12H,7-11H2,1-4H3. The fraction of sp³-hybridized carbons (Fsp3) is 0.625. The van der Waals surface area contributed by atoms with E-state index in [0.29, 0.717) is 0 Å². The molecule has 1 aliphatic rings. The lowest BCUT2D eigenvalue weighted by atomic mass is 10.0. The molecule has 0 saturated carbocycles. The van der Waals surface area contributed by atoms with Gasteiger partial charge in [0.2, 0.25) is 0 Å². The van der Waals surface area contributed by atoms with Gasteiger partial charge in [-0.3, -0.25) is 9.69 Å². The van der Waals surface area contributed by atoms with Crippen LogP contribution in [0.15, 0.2) is 18.3 Å². The summed E-state index contributed by atoms with van der Waals surface area (Å²) < 4.78 is 4.66. The van der Waals surface area contributed by atoms with Crippen LogP contribution < -0.4 is 4.90 Å². The van der Waals surface area contributed by atoms with E-state index >= 15 is 0 Å². The number of hydrogen-bond acceptors (Lipinski definition) is 5. The van der Waals surface area contributed by atoms with Crippen LogP contribution >= 0.6 is 0 Å². The van der Waals surface area contributed by atoms with Crippen molar-refractivity contribution in [2.45, 2.75) is 32.7 Å². The van der Waals surface area contributed by atoms with Gasteiger partial charge in [-0.1, -0.05) is 6.07 Å². The largest absolute Gasteiger partial charge is 0.469 e. The van der Waals surface area contributed by atoms with Gasteiger partial charge in [-0.2, -0.15) is 0 Å². The van der Waals surface area contributed by atoms with E-state index in [1.54, 1.807) is 6.20 Å². The van der Waals surface area contributed by atoms with E-state index in [4.69, 9.17) is 0 Å². The number of rotatable bonds is 3. The molecule has 2 rings (SSSR count). The molecule has 1 fully saturated rings. The highest BCUT2D eigenvalue weighted by atomic mass is 16.5. The maximum absolute atomic E-state index is 11.2. The van der Waals surface area contributed by atoms with Gasteiger partial charge >= 0.3 is 5.97 Å². The lowest BCUT2D eigenvalue weighted by molar-refractivity contribution is -0.139. The van der Waals surface area contributed by atoms with Crippen LogP contribution in [0.5, 0.6) is 0 Å². The highest BCUT2D eigenvalue weighted by Crippen LogP contribution is 2.19. The van der Waals surface area contributed by atoms with Gasteiger partial charge < -0.3 is 9.64 Å². The fourth-order valence-corrected chi connectivity index (χ4v) is 2.55. The molecule has 1 aliphatic heterocycles. The Morgan fingerprint density at radius 3 is 2.38 bits per heavy atom.